The molecule has 7 heteroatoms. The van der Waals surface area contributed by atoms with Gasteiger partial charge in [0, 0.05) is 12.1 Å². The van der Waals surface area contributed by atoms with E-state index in [4.69, 9.17) is 32.7 Å². The number of nitrogens with zero attached hydrogens (tertiary/aromatic N) is 1. The summed E-state index contributed by atoms with van der Waals surface area (Å²) in [4.78, 5) is 14.3. The summed E-state index contributed by atoms with van der Waals surface area (Å²) in [5, 5.41) is 0. The van der Waals surface area contributed by atoms with Crippen LogP contribution in [0, 0.1) is 0 Å². The molecule has 1 aromatic heterocycles. The molecule has 4 nitrogen and oxygen atoms in total. The van der Waals surface area contributed by atoms with Gasteiger partial charge in [-0.15, -0.1) is 11.3 Å². The number of hydrogen-bond donors (Lipinski definition) is 0. The van der Waals surface area contributed by atoms with E-state index in [2.05, 4.69) is 18.7 Å². The van der Waals surface area contributed by atoms with Gasteiger partial charge in [-0.1, -0.05) is 37.0 Å². The number of carbonyl (C=O) groups is 1. The van der Waals surface area contributed by atoms with Crippen LogP contribution in [0.1, 0.15) is 30.6 Å². The number of hydrogen-bond acceptors (Lipinski definition) is 5. The van der Waals surface area contributed by atoms with Crippen LogP contribution in [0.15, 0.2) is 24.3 Å². The Labute approximate surface area is 168 Å². The first-order chi connectivity index (χ1) is 12.5. The topological polar surface area (TPSA) is 38.8 Å². The Hall–Kier alpha value is -1.27. The molecule has 0 amide bonds. The molecule has 0 aliphatic carbocycles. The van der Waals surface area contributed by atoms with E-state index in [0.717, 1.165) is 37.2 Å². The third kappa shape index (κ3) is 5.61. The summed E-state index contributed by atoms with van der Waals surface area (Å²) in [5.74, 6) is 0.193. The van der Waals surface area contributed by atoms with Gasteiger partial charge in [-0.3, -0.25) is 0 Å². The van der Waals surface area contributed by atoms with E-state index in [-0.39, 0.29) is 0 Å². The number of esters is 1. The highest BCUT2D eigenvalue weighted by Gasteiger charge is 2.14. The normalized spacial score (nSPS) is 11.0. The first kappa shape index (κ1) is 21.0. The Balaban J connectivity index is 2.18. The van der Waals surface area contributed by atoms with E-state index in [9.17, 15) is 4.79 Å². The lowest BCUT2D eigenvalue weighted by Crippen LogP contribution is -2.25. The maximum absolute atomic E-state index is 12.0. The summed E-state index contributed by atoms with van der Waals surface area (Å²) in [6, 6.07) is 7.08. The predicted molar refractivity (Wildman–Crippen MR) is 109 cm³/mol. The first-order valence-corrected chi connectivity index (χ1v) is 10.1. The summed E-state index contributed by atoms with van der Waals surface area (Å²) >= 11 is 13.6. The molecule has 0 bridgehead atoms. The van der Waals surface area contributed by atoms with Gasteiger partial charge < -0.3 is 14.4 Å². The van der Waals surface area contributed by atoms with Crippen molar-refractivity contribution in [1.82, 2.24) is 4.90 Å². The van der Waals surface area contributed by atoms with Crippen LogP contribution in [0.5, 0.6) is 5.75 Å². The maximum atomic E-state index is 12.0. The van der Waals surface area contributed by atoms with E-state index < -0.39 is 5.97 Å². The average Bonchev–Trinajstić information content (AvgIpc) is 2.99. The lowest BCUT2D eigenvalue weighted by Gasteiger charge is -2.18. The number of methoxy groups -OCH3 is 1. The second kappa shape index (κ2) is 10.2. The Morgan fingerprint density at radius 1 is 1.15 bits per heavy atom. The minimum Gasteiger partial charge on any atom is -0.493 e. The Bertz CT molecular complexity index is 744. The molecular formula is C19H23Cl2NO3S. The summed E-state index contributed by atoms with van der Waals surface area (Å²) < 4.78 is 11.9. The van der Waals surface area contributed by atoms with E-state index in [1.54, 1.807) is 18.2 Å². The van der Waals surface area contributed by atoms with Gasteiger partial charge in [0.2, 0.25) is 0 Å². The summed E-state index contributed by atoms with van der Waals surface area (Å²) in [6.45, 7) is 7.88. The van der Waals surface area contributed by atoms with Crippen molar-refractivity contribution in [3.8, 4) is 16.9 Å². The van der Waals surface area contributed by atoms with Gasteiger partial charge >= 0.3 is 5.97 Å². The molecule has 0 spiro atoms. The molecule has 1 aromatic carbocycles. The van der Waals surface area contributed by atoms with Gasteiger partial charge in [0.1, 0.15) is 10.1 Å². The third-order valence-corrected chi connectivity index (χ3v) is 5.56. The van der Waals surface area contributed by atoms with Gasteiger partial charge in [-0.05, 0) is 49.3 Å². The van der Waals surface area contributed by atoms with Crippen molar-refractivity contribution in [3.05, 3.63) is 38.5 Å². The fraction of sp³-hybridized carbons (Fsp3) is 0.421. The van der Waals surface area contributed by atoms with Crippen LogP contribution in [0.25, 0.3) is 11.1 Å². The van der Waals surface area contributed by atoms with Crippen LogP contribution in [0.3, 0.4) is 0 Å². The zero-order chi connectivity index (χ0) is 19.1. The van der Waals surface area contributed by atoms with Crippen molar-refractivity contribution in [2.24, 2.45) is 0 Å². The molecular weight excluding hydrogens is 393 g/mol. The van der Waals surface area contributed by atoms with E-state index in [1.807, 2.05) is 6.07 Å². The Morgan fingerprint density at radius 2 is 1.88 bits per heavy atom. The standard InChI is InChI=1S/C19H23Cl2NO3S/c1-4-22(5-2)7-6-8-25-15-10-13(9-14(11-15)19(23)24-3)16-12-17(20)26-18(16)21/h9-12H,4-8H2,1-3H3. The van der Waals surface area contributed by atoms with Crippen LogP contribution in [-0.4, -0.2) is 44.2 Å². The monoisotopic (exact) mass is 415 g/mol. The predicted octanol–water partition coefficient (Wildman–Crippen LogP) is 5.62. The number of thiophene rings is 1. The average molecular weight is 416 g/mol. The first-order valence-electron chi connectivity index (χ1n) is 8.52. The van der Waals surface area contributed by atoms with E-state index in [0.29, 0.717) is 26.6 Å². The molecule has 0 aliphatic heterocycles. The number of rotatable bonds is 9. The Kier molecular flexibility index (Phi) is 8.22. The van der Waals surface area contributed by atoms with Crippen molar-refractivity contribution in [2.75, 3.05) is 33.4 Å². The number of carbonyl (C=O) groups excluding carboxylic acids is 1. The molecule has 2 aromatic rings. The molecule has 26 heavy (non-hydrogen) atoms. The van der Waals surface area contributed by atoms with Crippen LogP contribution >= 0.6 is 34.5 Å². The van der Waals surface area contributed by atoms with Crippen LogP contribution in [-0.2, 0) is 4.74 Å². The fourth-order valence-electron chi connectivity index (χ4n) is 2.63. The quantitative estimate of drug-likeness (QED) is 0.393. The molecule has 0 saturated heterocycles. The molecule has 0 saturated carbocycles. The van der Waals surface area contributed by atoms with E-state index in [1.165, 1.54) is 18.4 Å². The smallest absolute Gasteiger partial charge is 0.338 e. The highest BCUT2D eigenvalue weighted by atomic mass is 35.5. The highest BCUT2D eigenvalue weighted by molar-refractivity contribution is 7.20. The fourth-order valence-corrected chi connectivity index (χ4v) is 4.14. The number of ether oxygens (including phenoxy) is 2. The lowest BCUT2D eigenvalue weighted by atomic mass is 10.1. The molecule has 1 heterocycles. The molecule has 0 radical (unpaired) electrons. The van der Waals surface area contributed by atoms with Crippen molar-refractivity contribution in [1.29, 1.82) is 0 Å². The summed E-state index contributed by atoms with van der Waals surface area (Å²) in [6.07, 6.45) is 0.907. The molecule has 0 unspecified atom stereocenters. The summed E-state index contributed by atoms with van der Waals surface area (Å²) in [5.41, 5.74) is 1.97. The molecule has 0 aliphatic rings. The number of benzene rings is 1. The molecule has 0 atom stereocenters. The second-order valence-corrected chi connectivity index (χ2v) is 7.99. The maximum Gasteiger partial charge on any atom is 0.338 e. The molecule has 0 fully saturated rings. The van der Waals surface area contributed by atoms with Crippen LogP contribution < -0.4 is 4.74 Å². The molecule has 2 rings (SSSR count). The third-order valence-electron chi connectivity index (χ3n) is 4.08. The largest absolute Gasteiger partial charge is 0.493 e. The van der Waals surface area contributed by atoms with Crippen molar-refractivity contribution in [3.63, 3.8) is 0 Å². The van der Waals surface area contributed by atoms with Crippen LogP contribution in [0.4, 0.5) is 0 Å². The van der Waals surface area contributed by atoms with Crippen LogP contribution in [0.2, 0.25) is 8.67 Å². The van der Waals surface area contributed by atoms with Gasteiger partial charge in [-0.25, -0.2) is 4.79 Å². The zero-order valence-electron chi connectivity index (χ0n) is 15.2. The summed E-state index contributed by atoms with van der Waals surface area (Å²) in [7, 11) is 1.36. The van der Waals surface area contributed by atoms with Crippen molar-refractivity contribution < 1.29 is 14.3 Å². The van der Waals surface area contributed by atoms with Gasteiger partial charge in [0.05, 0.1) is 23.6 Å². The molecule has 142 valence electrons. The second-order valence-electron chi connectivity index (χ2n) is 5.70. The zero-order valence-corrected chi connectivity index (χ0v) is 17.5. The Morgan fingerprint density at radius 3 is 2.46 bits per heavy atom. The SMILES string of the molecule is CCN(CC)CCCOc1cc(C(=O)OC)cc(-c2cc(Cl)sc2Cl)c1. The van der Waals surface area contributed by atoms with Gasteiger partial charge in [0.15, 0.2) is 0 Å². The van der Waals surface area contributed by atoms with E-state index >= 15 is 0 Å². The molecule has 0 N–H and O–H groups in total. The van der Waals surface area contributed by atoms with Crippen molar-refractivity contribution >= 4 is 40.5 Å². The number of halogens is 2. The minimum absolute atomic E-state index is 0.419. The van der Waals surface area contributed by atoms with Gasteiger partial charge in [-0.2, -0.15) is 0 Å². The lowest BCUT2D eigenvalue weighted by molar-refractivity contribution is 0.0600. The highest BCUT2D eigenvalue weighted by Crippen LogP contribution is 2.39. The minimum atomic E-state index is -0.419. The van der Waals surface area contributed by atoms with Crippen molar-refractivity contribution in [2.45, 2.75) is 20.3 Å². The van der Waals surface area contributed by atoms with Gasteiger partial charge in [0.25, 0.3) is 0 Å².